The van der Waals surface area contributed by atoms with Crippen LogP contribution in [0.3, 0.4) is 0 Å². The van der Waals surface area contributed by atoms with E-state index in [9.17, 15) is 5.11 Å². The number of fused-ring (bicyclic) bond motifs is 2. The van der Waals surface area contributed by atoms with Crippen molar-refractivity contribution in [3.63, 3.8) is 0 Å². The molecule has 5 unspecified atom stereocenters. The van der Waals surface area contributed by atoms with Crippen molar-refractivity contribution in [3.8, 4) is 0 Å². The maximum atomic E-state index is 9.94. The van der Waals surface area contributed by atoms with Crippen LogP contribution in [0.15, 0.2) is 0 Å². The number of aliphatic hydroxyl groups is 1. The van der Waals surface area contributed by atoms with Gasteiger partial charge in [0.05, 0.1) is 18.3 Å². The molecule has 0 spiro atoms. The normalized spacial score (nSPS) is 38.2. The lowest BCUT2D eigenvalue weighted by molar-refractivity contribution is -0.250. The largest absolute Gasteiger partial charge is 0.373 e. The van der Waals surface area contributed by atoms with Gasteiger partial charge in [-0.05, 0) is 32.6 Å². The van der Waals surface area contributed by atoms with Gasteiger partial charge >= 0.3 is 0 Å². The van der Waals surface area contributed by atoms with Crippen LogP contribution in [0, 0.1) is 5.41 Å². The fourth-order valence-corrected chi connectivity index (χ4v) is 2.50. The summed E-state index contributed by atoms with van der Waals surface area (Å²) in [6.45, 7) is 12.8. The van der Waals surface area contributed by atoms with Gasteiger partial charge in [0, 0.05) is 0 Å². The molecule has 2 rings (SSSR count). The van der Waals surface area contributed by atoms with E-state index in [0.29, 0.717) is 6.61 Å². The molecule has 0 saturated carbocycles. The molecule has 20 heavy (non-hydrogen) atoms. The molecule has 0 radical (unpaired) electrons. The SMILES string of the molecule is CC(C)(C)CC1OC(COC(C)(C)C)C2OC(O)C1O2. The highest BCUT2D eigenvalue weighted by Gasteiger charge is 2.51. The Kier molecular flexibility index (Phi) is 4.48. The third-order valence-corrected chi connectivity index (χ3v) is 3.36. The number of aliphatic hydroxyl groups excluding tert-OH is 1. The Bertz CT molecular complexity index is 330. The van der Waals surface area contributed by atoms with Crippen molar-refractivity contribution in [2.24, 2.45) is 5.41 Å². The number of hydrogen-bond donors (Lipinski definition) is 1. The van der Waals surface area contributed by atoms with Crippen molar-refractivity contribution in [2.45, 2.75) is 84.5 Å². The highest BCUT2D eigenvalue weighted by Crippen LogP contribution is 2.37. The molecule has 5 nitrogen and oxygen atoms in total. The minimum atomic E-state index is -0.910. The minimum absolute atomic E-state index is 0.0958. The molecule has 0 aromatic heterocycles. The van der Waals surface area contributed by atoms with Crippen LogP contribution in [-0.4, -0.2) is 48.2 Å². The van der Waals surface area contributed by atoms with E-state index in [4.69, 9.17) is 18.9 Å². The second kappa shape index (κ2) is 5.54. The monoisotopic (exact) mass is 288 g/mol. The standard InChI is InChI=1S/C15H28O5/c1-14(2,3)7-9-11-12(16)20-13(19-11)10(18-9)8-17-15(4,5)6/h9-13,16H,7-8H2,1-6H3. The Hall–Kier alpha value is -0.200. The summed E-state index contributed by atoms with van der Waals surface area (Å²) < 4.78 is 23.1. The predicted octanol–water partition coefficient (Wildman–Crippen LogP) is 2.06. The number of hydrogen-bond acceptors (Lipinski definition) is 5. The molecule has 2 aliphatic heterocycles. The zero-order valence-corrected chi connectivity index (χ0v) is 13.4. The van der Waals surface area contributed by atoms with Gasteiger partial charge in [0.25, 0.3) is 0 Å². The fourth-order valence-electron chi connectivity index (χ4n) is 2.50. The summed E-state index contributed by atoms with van der Waals surface area (Å²) in [4.78, 5) is 0. The third kappa shape index (κ3) is 4.15. The molecule has 2 fully saturated rings. The summed E-state index contributed by atoms with van der Waals surface area (Å²) in [5, 5.41) is 9.94. The van der Waals surface area contributed by atoms with Crippen LogP contribution in [0.4, 0.5) is 0 Å². The van der Waals surface area contributed by atoms with Crippen LogP contribution in [0.1, 0.15) is 48.0 Å². The van der Waals surface area contributed by atoms with Crippen molar-refractivity contribution in [1.82, 2.24) is 0 Å². The van der Waals surface area contributed by atoms with Crippen molar-refractivity contribution < 1.29 is 24.1 Å². The molecule has 5 heteroatoms. The molecule has 0 aromatic rings. The number of rotatable bonds is 3. The molecular formula is C15H28O5. The molecule has 2 saturated heterocycles. The van der Waals surface area contributed by atoms with Crippen molar-refractivity contribution in [3.05, 3.63) is 0 Å². The Morgan fingerprint density at radius 1 is 0.950 bits per heavy atom. The van der Waals surface area contributed by atoms with Gasteiger partial charge in [0.15, 0.2) is 12.6 Å². The Labute approximate surface area is 121 Å². The van der Waals surface area contributed by atoms with Gasteiger partial charge in [-0.25, -0.2) is 0 Å². The summed E-state index contributed by atoms with van der Waals surface area (Å²) in [7, 11) is 0. The first kappa shape index (κ1) is 16.2. The molecule has 1 N–H and O–H groups in total. The molecule has 0 aromatic carbocycles. The van der Waals surface area contributed by atoms with Gasteiger partial charge < -0.3 is 24.1 Å². The summed E-state index contributed by atoms with van der Waals surface area (Å²) in [6, 6.07) is 0. The quantitative estimate of drug-likeness (QED) is 0.861. The highest BCUT2D eigenvalue weighted by molar-refractivity contribution is 4.89. The Morgan fingerprint density at radius 3 is 2.15 bits per heavy atom. The average molecular weight is 288 g/mol. The molecule has 0 aliphatic carbocycles. The second-order valence-corrected chi connectivity index (χ2v) is 7.90. The van der Waals surface area contributed by atoms with E-state index in [1.54, 1.807) is 0 Å². The minimum Gasteiger partial charge on any atom is -0.373 e. The van der Waals surface area contributed by atoms with E-state index >= 15 is 0 Å². The van der Waals surface area contributed by atoms with Crippen molar-refractivity contribution >= 4 is 0 Å². The zero-order chi connectivity index (χ0) is 15.1. The van der Waals surface area contributed by atoms with Crippen LogP contribution >= 0.6 is 0 Å². The van der Waals surface area contributed by atoms with Crippen LogP contribution in [-0.2, 0) is 18.9 Å². The summed E-state index contributed by atoms with van der Waals surface area (Å²) >= 11 is 0. The van der Waals surface area contributed by atoms with Gasteiger partial charge in [0.2, 0.25) is 0 Å². The van der Waals surface area contributed by atoms with Gasteiger partial charge in [-0.3, -0.25) is 0 Å². The first-order valence-electron chi connectivity index (χ1n) is 7.34. The Balaban J connectivity index is 2.00. The van der Waals surface area contributed by atoms with Crippen LogP contribution in [0.5, 0.6) is 0 Å². The average Bonchev–Trinajstić information content (AvgIpc) is 2.57. The molecule has 2 aliphatic rings. The lowest BCUT2D eigenvalue weighted by Gasteiger charge is -2.37. The predicted molar refractivity (Wildman–Crippen MR) is 74.2 cm³/mol. The first-order valence-corrected chi connectivity index (χ1v) is 7.34. The lowest BCUT2D eigenvalue weighted by atomic mass is 9.87. The lowest BCUT2D eigenvalue weighted by Crippen LogP contribution is -2.49. The molecule has 2 bridgehead atoms. The van der Waals surface area contributed by atoms with Gasteiger partial charge in [0.1, 0.15) is 12.2 Å². The molecule has 2 heterocycles. The maximum Gasteiger partial charge on any atom is 0.189 e. The molecule has 5 atom stereocenters. The van der Waals surface area contributed by atoms with Gasteiger partial charge in [-0.2, -0.15) is 0 Å². The fraction of sp³-hybridized carbons (Fsp3) is 1.00. The van der Waals surface area contributed by atoms with E-state index in [2.05, 4.69) is 20.8 Å². The van der Waals surface area contributed by atoms with E-state index < -0.39 is 18.7 Å². The molecule has 118 valence electrons. The van der Waals surface area contributed by atoms with Crippen LogP contribution < -0.4 is 0 Å². The van der Waals surface area contributed by atoms with Gasteiger partial charge in [-0.15, -0.1) is 0 Å². The van der Waals surface area contributed by atoms with Crippen molar-refractivity contribution in [2.75, 3.05) is 6.61 Å². The molecular weight excluding hydrogens is 260 g/mol. The van der Waals surface area contributed by atoms with E-state index in [1.807, 2.05) is 20.8 Å². The van der Waals surface area contributed by atoms with Crippen LogP contribution in [0.25, 0.3) is 0 Å². The van der Waals surface area contributed by atoms with Crippen LogP contribution in [0.2, 0.25) is 0 Å². The van der Waals surface area contributed by atoms with E-state index in [-0.39, 0.29) is 23.2 Å². The smallest absolute Gasteiger partial charge is 0.189 e. The van der Waals surface area contributed by atoms with Gasteiger partial charge in [-0.1, -0.05) is 20.8 Å². The molecule has 0 amide bonds. The highest BCUT2D eigenvalue weighted by atomic mass is 16.8. The number of ether oxygens (including phenoxy) is 4. The summed E-state index contributed by atoms with van der Waals surface area (Å²) in [6.07, 6.45) is -1.51. The van der Waals surface area contributed by atoms with E-state index in [0.717, 1.165) is 6.42 Å². The second-order valence-electron chi connectivity index (χ2n) is 7.90. The topological polar surface area (TPSA) is 57.2 Å². The summed E-state index contributed by atoms with van der Waals surface area (Å²) in [5.41, 5.74) is -0.143. The van der Waals surface area contributed by atoms with E-state index in [1.165, 1.54) is 0 Å². The van der Waals surface area contributed by atoms with Crippen molar-refractivity contribution in [1.29, 1.82) is 0 Å². The first-order chi connectivity index (χ1) is 9.05. The third-order valence-electron chi connectivity index (χ3n) is 3.36. The zero-order valence-electron chi connectivity index (χ0n) is 13.4. The summed E-state index contributed by atoms with van der Waals surface area (Å²) in [5.74, 6) is 0. The maximum absolute atomic E-state index is 9.94. The Morgan fingerprint density at radius 2 is 1.60 bits per heavy atom.